The molecule has 0 aliphatic rings. The summed E-state index contributed by atoms with van der Waals surface area (Å²) >= 11 is 1.81. The number of hydrogen-bond donors (Lipinski definition) is 2. The highest BCUT2D eigenvalue weighted by molar-refractivity contribution is 14.0. The number of guanidine groups is 1. The molecular formula is C17H30IN3O2S. The summed E-state index contributed by atoms with van der Waals surface area (Å²) in [5.41, 5.74) is 2.29. The van der Waals surface area contributed by atoms with E-state index in [0.29, 0.717) is 26.4 Å². The summed E-state index contributed by atoms with van der Waals surface area (Å²) in [4.78, 5) is 4.23. The fraction of sp³-hybridized carbons (Fsp3) is 0.588. The molecule has 138 valence electrons. The first kappa shape index (κ1) is 23.3. The summed E-state index contributed by atoms with van der Waals surface area (Å²) in [6.07, 6.45) is 2.09. The zero-order chi connectivity index (χ0) is 16.9. The Bertz CT molecular complexity index is 487. The summed E-state index contributed by atoms with van der Waals surface area (Å²) < 4.78 is 11.2. The third kappa shape index (κ3) is 9.58. The van der Waals surface area contributed by atoms with Crippen molar-refractivity contribution in [1.82, 2.24) is 10.6 Å². The number of benzene rings is 1. The first-order valence-corrected chi connectivity index (χ1v) is 9.34. The van der Waals surface area contributed by atoms with Crippen molar-refractivity contribution < 1.29 is 9.47 Å². The van der Waals surface area contributed by atoms with Crippen LogP contribution in [0.2, 0.25) is 0 Å². The van der Waals surface area contributed by atoms with E-state index in [0.717, 1.165) is 29.6 Å². The lowest BCUT2D eigenvalue weighted by molar-refractivity contribution is 0.110. The van der Waals surface area contributed by atoms with E-state index in [1.165, 1.54) is 5.56 Å². The Balaban J connectivity index is 0.00000529. The number of thioether (sulfide) groups is 1. The predicted molar refractivity (Wildman–Crippen MR) is 115 cm³/mol. The molecule has 0 spiro atoms. The molecule has 1 aromatic carbocycles. The van der Waals surface area contributed by atoms with Crippen molar-refractivity contribution in [1.29, 1.82) is 0 Å². The largest absolute Gasteiger partial charge is 0.491 e. The van der Waals surface area contributed by atoms with Crippen LogP contribution in [0.4, 0.5) is 0 Å². The molecular weight excluding hydrogens is 437 g/mol. The summed E-state index contributed by atoms with van der Waals surface area (Å²) in [6, 6.07) is 6.25. The van der Waals surface area contributed by atoms with Crippen molar-refractivity contribution in [2.24, 2.45) is 4.99 Å². The lowest BCUT2D eigenvalue weighted by atomic mass is 10.1. The molecule has 0 fully saturated rings. The zero-order valence-electron chi connectivity index (χ0n) is 15.1. The number of aliphatic imine (C=N–C) groups is 1. The number of rotatable bonds is 10. The molecule has 0 bridgehead atoms. The van der Waals surface area contributed by atoms with E-state index in [1.54, 1.807) is 7.05 Å². The van der Waals surface area contributed by atoms with E-state index in [-0.39, 0.29) is 24.0 Å². The van der Waals surface area contributed by atoms with Gasteiger partial charge in [-0.15, -0.1) is 24.0 Å². The SMILES string of the molecule is CCOCCOc1cc(C)ccc1CNC(=NC)NCCSC.I. The molecule has 2 N–H and O–H groups in total. The highest BCUT2D eigenvalue weighted by Crippen LogP contribution is 2.20. The van der Waals surface area contributed by atoms with Crippen molar-refractivity contribution in [3.05, 3.63) is 29.3 Å². The number of aryl methyl sites for hydroxylation is 1. The summed E-state index contributed by atoms with van der Waals surface area (Å²) in [6.45, 7) is 7.49. The van der Waals surface area contributed by atoms with Crippen molar-refractivity contribution >= 4 is 41.7 Å². The first-order valence-electron chi connectivity index (χ1n) is 7.94. The minimum absolute atomic E-state index is 0. The van der Waals surface area contributed by atoms with E-state index >= 15 is 0 Å². The first-order chi connectivity index (χ1) is 11.2. The second-order valence-electron chi connectivity index (χ2n) is 5.00. The van der Waals surface area contributed by atoms with Crippen LogP contribution in [0, 0.1) is 6.92 Å². The van der Waals surface area contributed by atoms with Crippen LogP contribution < -0.4 is 15.4 Å². The minimum Gasteiger partial charge on any atom is -0.491 e. The van der Waals surface area contributed by atoms with Crippen LogP contribution in [0.1, 0.15) is 18.1 Å². The number of halogens is 1. The maximum atomic E-state index is 5.86. The Labute approximate surface area is 167 Å². The second-order valence-corrected chi connectivity index (χ2v) is 5.99. The average molecular weight is 467 g/mol. The topological polar surface area (TPSA) is 54.9 Å². The smallest absolute Gasteiger partial charge is 0.191 e. The predicted octanol–water partition coefficient (Wildman–Crippen LogP) is 3.06. The molecule has 0 unspecified atom stereocenters. The van der Waals surface area contributed by atoms with E-state index in [9.17, 15) is 0 Å². The molecule has 0 atom stereocenters. The van der Waals surface area contributed by atoms with Crippen LogP contribution in [0.3, 0.4) is 0 Å². The molecule has 5 nitrogen and oxygen atoms in total. The third-order valence-corrected chi connectivity index (χ3v) is 3.79. The molecule has 0 aromatic heterocycles. The lowest BCUT2D eigenvalue weighted by Gasteiger charge is -2.15. The van der Waals surface area contributed by atoms with Crippen LogP contribution in [0.25, 0.3) is 0 Å². The number of nitrogens with one attached hydrogen (secondary N) is 2. The number of nitrogens with zero attached hydrogens (tertiary/aromatic N) is 1. The normalized spacial score (nSPS) is 10.9. The highest BCUT2D eigenvalue weighted by atomic mass is 127. The van der Waals surface area contributed by atoms with Gasteiger partial charge in [-0.2, -0.15) is 11.8 Å². The zero-order valence-corrected chi connectivity index (χ0v) is 18.2. The number of ether oxygens (including phenoxy) is 2. The monoisotopic (exact) mass is 467 g/mol. The molecule has 0 radical (unpaired) electrons. The van der Waals surface area contributed by atoms with Crippen LogP contribution in [0.15, 0.2) is 23.2 Å². The maximum Gasteiger partial charge on any atom is 0.191 e. The van der Waals surface area contributed by atoms with Crippen LogP contribution in [0.5, 0.6) is 5.75 Å². The van der Waals surface area contributed by atoms with Crippen molar-refractivity contribution in [3.63, 3.8) is 0 Å². The second kappa shape index (κ2) is 14.7. The Morgan fingerprint density at radius 1 is 1.25 bits per heavy atom. The fourth-order valence-corrected chi connectivity index (χ4v) is 2.27. The Morgan fingerprint density at radius 3 is 2.71 bits per heavy atom. The van der Waals surface area contributed by atoms with Gasteiger partial charge in [-0.25, -0.2) is 0 Å². The van der Waals surface area contributed by atoms with E-state index in [2.05, 4.69) is 47.0 Å². The van der Waals surface area contributed by atoms with E-state index in [4.69, 9.17) is 9.47 Å². The molecule has 1 rings (SSSR count). The molecule has 0 saturated heterocycles. The lowest BCUT2D eigenvalue weighted by Crippen LogP contribution is -2.38. The molecule has 1 aromatic rings. The molecule has 0 heterocycles. The van der Waals surface area contributed by atoms with Gasteiger partial charge >= 0.3 is 0 Å². The van der Waals surface area contributed by atoms with Gasteiger partial charge in [0.25, 0.3) is 0 Å². The van der Waals surface area contributed by atoms with Gasteiger partial charge in [0.05, 0.1) is 6.61 Å². The standard InChI is InChI=1S/C17H29N3O2S.HI/c1-5-21-9-10-22-16-12-14(2)6-7-15(16)13-20-17(18-3)19-8-11-23-4;/h6-7,12H,5,8-11,13H2,1-4H3,(H2,18,19,20);1H. The van der Waals surface area contributed by atoms with Crippen LogP contribution >= 0.6 is 35.7 Å². The molecule has 0 saturated carbocycles. The van der Waals surface area contributed by atoms with Crippen molar-refractivity contribution in [2.75, 3.05) is 45.4 Å². The molecule has 24 heavy (non-hydrogen) atoms. The van der Waals surface area contributed by atoms with Gasteiger partial charge in [-0.1, -0.05) is 12.1 Å². The van der Waals surface area contributed by atoms with Gasteiger partial charge in [-0.3, -0.25) is 4.99 Å². The van der Waals surface area contributed by atoms with Crippen molar-refractivity contribution in [3.8, 4) is 5.75 Å². The molecule has 0 aliphatic carbocycles. The summed E-state index contributed by atoms with van der Waals surface area (Å²) in [5.74, 6) is 2.76. The maximum absolute atomic E-state index is 5.86. The van der Waals surface area contributed by atoms with E-state index in [1.807, 2.05) is 18.7 Å². The number of hydrogen-bond acceptors (Lipinski definition) is 4. The summed E-state index contributed by atoms with van der Waals surface area (Å²) in [5, 5.41) is 6.61. The Morgan fingerprint density at radius 2 is 2.04 bits per heavy atom. The minimum atomic E-state index is 0. The van der Waals surface area contributed by atoms with E-state index < -0.39 is 0 Å². The van der Waals surface area contributed by atoms with Crippen molar-refractivity contribution in [2.45, 2.75) is 20.4 Å². The van der Waals surface area contributed by atoms with Crippen LogP contribution in [-0.4, -0.2) is 51.4 Å². The fourth-order valence-electron chi connectivity index (χ4n) is 1.97. The summed E-state index contributed by atoms with van der Waals surface area (Å²) in [7, 11) is 1.78. The van der Waals surface area contributed by atoms with Gasteiger partial charge in [0.2, 0.25) is 0 Å². The van der Waals surface area contributed by atoms with Gasteiger partial charge in [-0.05, 0) is 31.7 Å². The quantitative estimate of drug-likeness (QED) is 0.240. The highest BCUT2D eigenvalue weighted by Gasteiger charge is 2.06. The Kier molecular flexibility index (Phi) is 14.2. The van der Waals surface area contributed by atoms with Gasteiger partial charge in [0.1, 0.15) is 12.4 Å². The molecule has 0 aliphatic heterocycles. The van der Waals surface area contributed by atoms with Gasteiger partial charge in [0, 0.05) is 38.1 Å². The third-order valence-electron chi connectivity index (χ3n) is 3.18. The molecule has 7 heteroatoms. The average Bonchev–Trinajstić information content (AvgIpc) is 2.56. The van der Waals surface area contributed by atoms with Crippen LogP contribution in [-0.2, 0) is 11.3 Å². The van der Waals surface area contributed by atoms with Gasteiger partial charge < -0.3 is 20.1 Å². The Hall–Kier alpha value is -0.670. The molecule has 0 amide bonds. The van der Waals surface area contributed by atoms with Gasteiger partial charge in [0.15, 0.2) is 5.96 Å².